The molecule has 0 aliphatic rings. The number of aryl methyl sites for hydroxylation is 1. The van der Waals surface area contributed by atoms with Gasteiger partial charge in [0.25, 0.3) is 0 Å². The first kappa shape index (κ1) is 16.0. The smallest absolute Gasteiger partial charge is 0.263 e. The van der Waals surface area contributed by atoms with Gasteiger partial charge in [-0.25, -0.2) is 0 Å². The minimum atomic E-state index is -5.44. The highest BCUT2D eigenvalue weighted by Crippen LogP contribution is 2.24. The average Bonchev–Trinajstić information content (AvgIpc) is 2.33. The van der Waals surface area contributed by atoms with Gasteiger partial charge in [-0.3, -0.25) is 4.18 Å². The molecule has 19 heavy (non-hydrogen) atoms. The number of unbranched alkanes of at least 4 members (excludes halogenated alkanes) is 2. The maximum atomic E-state index is 11.9. The Kier molecular flexibility index (Phi) is 5.81. The Labute approximate surface area is 110 Å². The molecule has 0 aliphatic heterocycles. The zero-order valence-electron chi connectivity index (χ0n) is 10.2. The zero-order chi connectivity index (χ0) is 14.4. The molecule has 0 unspecified atom stereocenters. The van der Waals surface area contributed by atoms with Gasteiger partial charge < -0.3 is 0 Å². The molecule has 108 valence electrons. The van der Waals surface area contributed by atoms with Crippen molar-refractivity contribution in [1.29, 1.82) is 0 Å². The molecular formula is C12H15F3O3S. The molecule has 7 heteroatoms. The molecule has 0 saturated carbocycles. The van der Waals surface area contributed by atoms with Gasteiger partial charge in [-0.05, 0) is 24.8 Å². The van der Waals surface area contributed by atoms with Crippen molar-refractivity contribution in [3.8, 4) is 0 Å². The first-order chi connectivity index (χ1) is 8.83. The van der Waals surface area contributed by atoms with Crippen molar-refractivity contribution < 1.29 is 25.8 Å². The van der Waals surface area contributed by atoms with Gasteiger partial charge in [0.2, 0.25) is 0 Å². The summed E-state index contributed by atoms with van der Waals surface area (Å²) >= 11 is 0. The number of benzene rings is 1. The van der Waals surface area contributed by atoms with E-state index in [4.69, 9.17) is 0 Å². The van der Waals surface area contributed by atoms with Crippen LogP contribution in [0.5, 0.6) is 0 Å². The lowest BCUT2D eigenvalue weighted by Crippen LogP contribution is -2.25. The van der Waals surface area contributed by atoms with Crippen LogP contribution in [0.2, 0.25) is 0 Å². The fraction of sp³-hybridized carbons (Fsp3) is 0.500. The summed E-state index contributed by atoms with van der Waals surface area (Å²) in [5.41, 5.74) is -4.19. The molecule has 0 aromatic heterocycles. The van der Waals surface area contributed by atoms with Crippen LogP contribution < -0.4 is 0 Å². The van der Waals surface area contributed by atoms with Gasteiger partial charge in [0.15, 0.2) is 0 Å². The third kappa shape index (κ3) is 5.61. The van der Waals surface area contributed by atoms with E-state index in [1.807, 2.05) is 30.3 Å². The summed E-state index contributed by atoms with van der Waals surface area (Å²) < 4.78 is 60.8. The average molecular weight is 296 g/mol. The second-order valence-electron chi connectivity index (χ2n) is 4.02. The minimum absolute atomic E-state index is 0.280. The van der Waals surface area contributed by atoms with Crippen LogP contribution in [-0.2, 0) is 20.7 Å². The number of rotatable bonds is 7. The summed E-state index contributed by atoms with van der Waals surface area (Å²) in [5.74, 6) is 0. The molecule has 0 aliphatic carbocycles. The van der Waals surface area contributed by atoms with Gasteiger partial charge in [-0.2, -0.15) is 21.6 Å². The van der Waals surface area contributed by atoms with Crippen LogP contribution in [0.25, 0.3) is 0 Å². The quantitative estimate of drug-likeness (QED) is 0.440. The molecule has 0 spiro atoms. The zero-order valence-corrected chi connectivity index (χ0v) is 11.0. The summed E-state index contributed by atoms with van der Waals surface area (Å²) in [6.45, 7) is -0.434. The second kappa shape index (κ2) is 6.91. The highest BCUT2D eigenvalue weighted by Gasteiger charge is 2.47. The standard InChI is InChI=1S/C12H15F3O3S/c13-12(14,15)19(16,17)18-10-6-2-5-9-11-7-3-1-4-8-11/h1,3-4,7-8H,2,5-6,9-10H2. The molecule has 0 bridgehead atoms. The molecule has 3 nitrogen and oxygen atoms in total. The third-order valence-electron chi connectivity index (χ3n) is 2.47. The van der Waals surface area contributed by atoms with Crippen LogP contribution in [0.4, 0.5) is 13.2 Å². The topological polar surface area (TPSA) is 43.4 Å². The van der Waals surface area contributed by atoms with E-state index in [2.05, 4.69) is 4.18 Å². The van der Waals surface area contributed by atoms with Gasteiger partial charge >= 0.3 is 15.6 Å². The van der Waals surface area contributed by atoms with Crippen molar-refractivity contribution in [2.24, 2.45) is 0 Å². The molecule has 1 rings (SSSR count). The molecule has 1 aromatic rings. The van der Waals surface area contributed by atoms with E-state index in [0.717, 1.165) is 18.4 Å². The Morgan fingerprint density at radius 3 is 2.21 bits per heavy atom. The van der Waals surface area contributed by atoms with E-state index in [9.17, 15) is 21.6 Å². The van der Waals surface area contributed by atoms with E-state index >= 15 is 0 Å². The maximum absolute atomic E-state index is 11.9. The highest BCUT2D eigenvalue weighted by molar-refractivity contribution is 7.87. The summed E-state index contributed by atoms with van der Waals surface area (Å²) in [5, 5.41) is 0. The van der Waals surface area contributed by atoms with E-state index in [0.29, 0.717) is 6.42 Å². The third-order valence-corrected chi connectivity index (χ3v) is 3.52. The highest BCUT2D eigenvalue weighted by atomic mass is 32.2. The molecule has 0 saturated heterocycles. The van der Waals surface area contributed by atoms with Crippen LogP contribution in [-0.4, -0.2) is 20.5 Å². The Hall–Kier alpha value is -1.08. The fourth-order valence-electron chi connectivity index (χ4n) is 1.49. The molecule has 0 atom stereocenters. The minimum Gasteiger partial charge on any atom is -0.263 e. The lowest BCUT2D eigenvalue weighted by Gasteiger charge is -2.08. The summed E-state index contributed by atoms with van der Waals surface area (Å²) in [4.78, 5) is 0. The number of alkyl halides is 3. The monoisotopic (exact) mass is 296 g/mol. The SMILES string of the molecule is O=S(=O)(OCCCCCc1ccccc1)C(F)(F)F. The predicted octanol–water partition coefficient (Wildman–Crippen LogP) is 3.27. The van der Waals surface area contributed by atoms with Crippen molar-refractivity contribution >= 4 is 10.1 Å². The fourth-order valence-corrected chi connectivity index (χ4v) is 1.96. The van der Waals surface area contributed by atoms with Gasteiger partial charge in [-0.15, -0.1) is 0 Å². The van der Waals surface area contributed by atoms with Crippen LogP contribution in [0.15, 0.2) is 30.3 Å². The van der Waals surface area contributed by atoms with Crippen molar-refractivity contribution in [2.45, 2.75) is 31.2 Å². The van der Waals surface area contributed by atoms with Gasteiger partial charge in [-0.1, -0.05) is 36.8 Å². The normalized spacial score (nSPS) is 12.6. The molecule has 0 fully saturated rings. The first-order valence-electron chi connectivity index (χ1n) is 5.82. The van der Waals surface area contributed by atoms with Crippen LogP contribution in [0.1, 0.15) is 24.8 Å². The van der Waals surface area contributed by atoms with Crippen LogP contribution >= 0.6 is 0 Å². The molecular weight excluding hydrogens is 281 g/mol. The molecule has 0 amide bonds. The van der Waals surface area contributed by atoms with E-state index in [-0.39, 0.29) is 6.42 Å². The molecule has 0 radical (unpaired) electrons. The van der Waals surface area contributed by atoms with Crippen molar-refractivity contribution in [2.75, 3.05) is 6.61 Å². The molecule has 0 heterocycles. The van der Waals surface area contributed by atoms with Crippen molar-refractivity contribution in [3.05, 3.63) is 35.9 Å². The Bertz CT molecular complexity index is 469. The molecule has 0 N–H and O–H groups in total. The Morgan fingerprint density at radius 1 is 1.00 bits per heavy atom. The number of halogens is 3. The van der Waals surface area contributed by atoms with E-state index < -0.39 is 22.2 Å². The van der Waals surface area contributed by atoms with Crippen LogP contribution in [0, 0.1) is 0 Å². The first-order valence-corrected chi connectivity index (χ1v) is 7.23. The number of hydrogen-bond acceptors (Lipinski definition) is 3. The van der Waals surface area contributed by atoms with Crippen molar-refractivity contribution in [1.82, 2.24) is 0 Å². The van der Waals surface area contributed by atoms with Crippen LogP contribution in [0.3, 0.4) is 0 Å². The van der Waals surface area contributed by atoms with E-state index in [1.165, 1.54) is 0 Å². The van der Waals surface area contributed by atoms with Crippen molar-refractivity contribution in [3.63, 3.8) is 0 Å². The lowest BCUT2D eigenvalue weighted by atomic mass is 10.1. The van der Waals surface area contributed by atoms with E-state index in [1.54, 1.807) is 0 Å². The van der Waals surface area contributed by atoms with Gasteiger partial charge in [0, 0.05) is 0 Å². The molecule has 1 aromatic carbocycles. The predicted molar refractivity (Wildman–Crippen MR) is 64.9 cm³/mol. The Balaban J connectivity index is 2.16. The van der Waals surface area contributed by atoms with Gasteiger partial charge in [0.05, 0.1) is 6.61 Å². The lowest BCUT2D eigenvalue weighted by molar-refractivity contribution is -0.0542. The summed E-state index contributed by atoms with van der Waals surface area (Å²) in [7, 11) is -5.44. The summed E-state index contributed by atoms with van der Waals surface area (Å²) in [6.07, 6.45) is 2.48. The Morgan fingerprint density at radius 2 is 1.63 bits per heavy atom. The largest absolute Gasteiger partial charge is 0.523 e. The number of hydrogen-bond donors (Lipinski definition) is 0. The summed E-state index contributed by atoms with van der Waals surface area (Å²) in [6, 6.07) is 9.65. The maximum Gasteiger partial charge on any atom is 0.523 e. The van der Waals surface area contributed by atoms with Gasteiger partial charge in [0.1, 0.15) is 0 Å². The second-order valence-corrected chi connectivity index (χ2v) is 5.62.